The Bertz CT molecular complexity index is 820. The molecule has 4 rings (SSSR count). The molecule has 0 aliphatic heterocycles. The first-order valence-electron chi connectivity index (χ1n) is 7.93. The van der Waals surface area contributed by atoms with E-state index < -0.39 is 0 Å². The number of hydrogen-bond acceptors (Lipinski definition) is 3. The van der Waals surface area contributed by atoms with E-state index in [-0.39, 0.29) is 11.8 Å². The molecule has 2 atom stereocenters. The van der Waals surface area contributed by atoms with Crippen LogP contribution in [-0.2, 0) is 11.2 Å². The predicted molar refractivity (Wildman–Crippen MR) is 94.8 cm³/mol. The fourth-order valence-corrected chi connectivity index (χ4v) is 3.80. The van der Waals surface area contributed by atoms with E-state index in [0.29, 0.717) is 5.92 Å². The Morgan fingerprint density at radius 1 is 1.22 bits per heavy atom. The minimum Gasteiger partial charge on any atom is -0.326 e. The van der Waals surface area contributed by atoms with E-state index in [2.05, 4.69) is 35.4 Å². The van der Waals surface area contributed by atoms with Crippen LogP contribution in [-0.4, -0.2) is 10.9 Å². The maximum atomic E-state index is 11.9. The molecule has 116 valence electrons. The van der Waals surface area contributed by atoms with Crippen molar-refractivity contribution in [3.63, 3.8) is 0 Å². The summed E-state index contributed by atoms with van der Waals surface area (Å²) in [6, 6.07) is 16.3. The minimum absolute atomic E-state index is 0.149. The summed E-state index contributed by atoms with van der Waals surface area (Å²) in [5.74, 6) is 0.891. The molecule has 1 N–H and O–H groups in total. The molecule has 1 aliphatic carbocycles. The van der Waals surface area contributed by atoms with Gasteiger partial charge in [0, 0.05) is 18.0 Å². The zero-order valence-corrected chi connectivity index (χ0v) is 13.8. The van der Waals surface area contributed by atoms with Crippen molar-refractivity contribution in [3.8, 4) is 0 Å². The number of carbonyl (C=O) groups is 1. The van der Waals surface area contributed by atoms with Crippen molar-refractivity contribution in [2.75, 3.05) is 5.32 Å². The Balaban J connectivity index is 1.44. The number of amides is 1. The molecule has 1 saturated carbocycles. The fraction of sp³-hybridized carbons (Fsp3) is 0.263. The Morgan fingerprint density at radius 3 is 2.65 bits per heavy atom. The lowest BCUT2D eigenvalue weighted by Gasteiger charge is -2.05. The first kappa shape index (κ1) is 14.4. The van der Waals surface area contributed by atoms with E-state index in [4.69, 9.17) is 0 Å². The predicted octanol–water partition coefficient (Wildman–Crippen LogP) is 4.48. The second kappa shape index (κ2) is 5.78. The maximum absolute atomic E-state index is 11.9. The summed E-state index contributed by atoms with van der Waals surface area (Å²) in [4.78, 5) is 16.6. The molecule has 1 fully saturated rings. The highest BCUT2D eigenvalue weighted by Crippen LogP contribution is 2.38. The van der Waals surface area contributed by atoms with Gasteiger partial charge in [-0.25, -0.2) is 4.98 Å². The Kier molecular flexibility index (Phi) is 3.62. The van der Waals surface area contributed by atoms with Gasteiger partial charge >= 0.3 is 0 Å². The van der Waals surface area contributed by atoms with Crippen molar-refractivity contribution in [2.45, 2.75) is 19.8 Å². The van der Waals surface area contributed by atoms with E-state index in [9.17, 15) is 4.79 Å². The molecule has 3 aromatic rings. The molecular weight excluding hydrogens is 304 g/mol. The lowest BCUT2D eigenvalue weighted by atomic mass is 10.1. The van der Waals surface area contributed by atoms with Crippen molar-refractivity contribution in [1.29, 1.82) is 0 Å². The molecule has 1 heterocycles. The number of nitrogens with zero attached hydrogens (tertiary/aromatic N) is 1. The zero-order chi connectivity index (χ0) is 15.8. The third kappa shape index (κ3) is 3.13. The van der Waals surface area contributed by atoms with Crippen LogP contribution in [0.25, 0.3) is 10.2 Å². The summed E-state index contributed by atoms with van der Waals surface area (Å²) >= 11 is 1.74. The number of thiazole rings is 1. The number of carbonyl (C=O) groups excluding carboxylic acids is 1. The second-order valence-corrected chi connectivity index (χ2v) is 7.37. The van der Waals surface area contributed by atoms with Gasteiger partial charge in [0.15, 0.2) is 0 Å². The van der Waals surface area contributed by atoms with Gasteiger partial charge in [-0.3, -0.25) is 4.79 Å². The number of aromatic nitrogens is 1. The number of anilines is 1. The Morgan fingerprint density at radius 2 is 1.96 bits per heavy atom. The molecule has 0 spiro atoms. The largest absolute Gasteiger partial charge is 0.326 e. The van der Waals surface area contributed by atoms with Crippen LogP contribution in [0.5, 0.6) is 0 Å². The highest BCUT2D eigenvalue weighted by molar-refractivity contribution is 7.18. The van der Waals surface area contributed by atoms with Crippen LogP contribution in [0.3, 0.4) is 0 Å². The smallest absolute Gasteiger partial charge is 0.227 e. The normalized spacial score (nSPS) is 19.7. The van der Waals surface area contributed by atoms with Crippen molar-refractivity contribution >= 4 is 33.1 Å². The van der Waals surface area contributed by atoms with E-state index in [1.54, 1.807) is 11.3 Å². The summed E-state index contributed by atoms with van der Waals surface area (Å²) in [7, 11) is 0. The van der Waals surface area contributed by atoms with Crippen LogP contribution in [0.1, 0.15) is 23.9 Å². The van der Waals surface area contributed by atoms with Gasteiger partial charge in [0.05, 0.1) is 15.2 Å². The first-order chi connectivity index (χ1) is 11.2. The van der Waals surface area contributed by atoms with Crippen molar-refractivity contribution in [3.05, 3.63) is 59.1 Å². The van der Waals surface area contributed by atoms with Gasteiger partial charge in [0.2, 0.25) is 5.91 Å². The van der Waals surface area contributed by atoms with Gasteiger partial charge < -0.3 is 5.32 Å². The van der Waals surface area contributed by atoms with Crippen LogP contribution in [0, 0.1) is 11.8 Å². The number of rotatable bonds is 4. The molecule has 0 radical (unpaired) electrons. The Hall–Kier alpha value is -2.20. The number of nitrogens with one attached hydrogen (secondary N) is 1. The lowest BCUT2D eigenvalue weighted by molar-refractivity contribution is -0.117. The molecule has 1 aromatic heterocycles. The summed E-state index contributed by atoms with van der Waals surface area (Å²) < 4.78 is 1.23. The van der Waals surface area contributed by atoms with Gasteiger partial charge in [-0.15, -0.1) is 11.3 Å². The van der Waals surface area contributed by atoms with E-state index >= 15 is 0 Å². The molecule has 0 bridgehead atoms. The average molecular weight is 322 g/mol. The van der Waals surface area contributed by atoms with Crippen molar-refractivity contribution in [1.82, 2.24) is 4.98 Å². The quantitative estimate of drug-likeness (QED) is 0.769. The highest BCUT2D eigenvalue weighted by Gasteiger charge is 2.38. The topological polar surface area (TPSA) is 42.0 Å². The third-order valence-electron chi connectivity index (χ3n) is 4.36. The van der Waals surface area contributed by atoms with E-state index in [0.717, 1.165) is 29.1 Å². The van der Waals surface area contributed by atoms with Crippen LogP contribution in [0.4, 0.5) is 5.69 Å². The molecule has 0 unspecified atom stereocenters. The molecule has 23 heavy (non-hydrogen) atoms. The van der Waals surface area contributed by atoms with Gasteiger partial charge in [0.1, 0.15) is 0 Å². The summed E-state index contributed by atoms with van der Waals surface area (Å²) in [6.45, 7) is 2.12. The van der Waals surface area contributed by atoms with Gasteiger partial charge in [-0.2, -0.15) is 0 Å². The zero-order valence-electron chi connectivity index (χ0n) is 13.0. The molecule has 1 aliphatic rings. The summed E-state index contributed by atoms with van der Waals surface area (Å²) in [6.07, 6.45) is 1.84. The fourth-order valence-electron chi connectivity index (χ4n) is 2.80. The first-order valence-corrected chi connectivity index (χ1v) is 8.75. The number of hydrogen-bond donors (Lipinski definition) is 1. The molecule has 4 heteroatoms. The standard InChI is InChI=1S/C19H18N2OS/c1-12-10-15(12)19(22)20-14-8-6-13(7-9-14)11-18-21-16-4-2-3-5-17(16)23-18/h2-9,12,15H,10-11H2,1H3,(H,20,22)/t12-,15+/m0/s1. The van der Waals surface area contributed by atoms with E-state index in [1.165, 1.54) is 10.3 Å². The van der Waals surface area contributed by atoms with Crippen LogP contribution in [0.15, 0.2) is 48.5 Å². The van der Waals surface area contributed by atoms with Crippen LogP contribution >= 0.6 is 11.3 Å². The average Bonchev–Trinajstić information content (AvgIpc) is 3.15. The lowest BCUT2D eigenvalue weighted by Crippen LogP contribution is -2.14. The minimum atomic E-state index is 0.149. The molecule has 3 nitrogen and oxygen atoms in total. The van der Waals surface area contributed by atoms with Crippen molar-refractivity contribution in [2.24, 2.45) is 11.8 Å². The van der Waals surface area contributed by atoms with Crippen LogP contribution in [0.2, 0.25) is 0 Å². The monoisotopic (exact) mass is 322 g/mol. The Labute approximate surface area is 139 Å². The SMILES string of the molecule is C[C@H]1C[C@H]1C(=O)Nc1ccc(Cc2nc3ccccc3s2)cc1. The van der Waals surface area contributed by atoms with Crippen molar-refractivity contribution < 1.29 is 4.79 Å². The van der Waals surface area contributed by atoms with Gasteiger partial charge in [-0.05, 0) is 42.2 Å². The molecule has 0 saturated heterocycles. The van der Waals surface area contributed by atoms with Gasteiger partial charge in [0.25, 0.3) is 0 Å². The number of para-hydroxylation sites is 1. The molecule has 2 aromatic carbocycles. The second-order valence-electron chi connectivity index (χ2n) is 6.26. The van der Waals surface area contributed by atoms with Gasteiger partial charge in [-0.1, -0.05) is 31.2 Å². The molecule has 1 amide bonds. The summed E-state index contributed by atoms with van der Waals surface area (Å²) in [5, 5.41) is 4.12. The maximum Gasteiger partial charge on any atom is 0.227 e. The summed E-state index contributed by atoms with van der Waals surface area (Å²) in [5.41, 5.74) is 3.15. The van der Waals surface area contributed by atoms with E-state index in [1.807, 2.05) is 30.3 Å². The third-order valence-corrected chi connectivity index (χ3v) is 5.40. The highest BCUT2D eigenvalue weighted by atomic mass is 32.1. The number of fused-ring (bicyclic) bond motifs is 1. The molecular formula is C19H18N2OS. The van der Waals surface area contributed by atoms with Crippen LogP contribution < -0.4 is 5.32 Å². The number of benzene rings is 2.